The molecule has 0 saturated carbocycles. The van der Waals surface area contributed by atoms with E-state index in [0.717, 1.165) is 11.5 Å². The Balaban J connectivity index is 2.05. The Kier molecular flexibility index (Phi) is 3.20. The molecule has 0 aromatic carbocycles. The molecule has 2 heterocycles. The first-order valence-electron chi connectivity index (χ1n) is 5.16. The number of hydrazine groups is 1. The monoisotopic (exact) mass is 234 g/mol. The topological polar surface area (TPSA) is 102 Å². The van der Waals surface area contributed by atoms with Crippen LogP contribution in [0, 0.1) is 13.8 Å². The van der Waals surface area contributed by atoms with Crippen LogP contribution in [0.5, 0.6) is 0 Å². The second kappa shape index (κ2) is 4.79. The van der Waals surface area contributed by atoms with E-state index in [1.807, 2.05) is 13.0 Å². The third kappa shape index (κ3) is 2.91. The van der Waals surface area contributed by atoms with Crippen LogP contribution in [0.2, 0.25) is 0 Å². The maximum atomic E-state index is 5.30. The molecule has 0 aliphatic heterocycles. The summed E-state index contributed by atoms with van der Waals surface area (Å²) >= 11 is 0. The summed E-state index contributed by atoms with van der Waals surface area (Å²) in [6.45, 7) is 4.19. The van der Waals surface area contributed by atoms with E-state index in [2.05, 4.69) is 25.9 Å². The number of aromatic nitrogens is 3. The SMILES string of the molecule is Cc1nc(NN)cc(NCc2cc(C)on2)n1. The molecule has 0 unspecified atom stereocenters. The zero-order valence-corrected chi connectivity index (χ0v) is 9.69. The van der Waals surface area contributed by atoms with E-state index in [9.17, 15) is 0 Å². The van der Waals surface area contributed by atoms with Gasteiger partial charge in [0.2, 0.25) is 0 Å². The minimum atomic E-state index is 0.539. The minimum absolute atomic E-state index is 0.539. The van der Waals surface area contributed by atoms with E-state index in [1.54, 1.807) is 13.0 Å². The summed E-state index contributed by atoms with van der Waals surface area (Å²) in [6.07, 6.45) is 0. The Hall–Kier alpha value is -2.15. The maximum Gasteiger partial charge on any atom is 0.145 e. The number of nitrogens with zero attached hydrogens (tertiary/aromatic N) is 3. The molecular formula is C10H14N6O. The number of nitrogens with one attached hydrogen (secondary N) is 2. The molecular weight excluding hydrogens is 220 g/mol. The Labute approximate surface area is 98.4 Å². The zero-order chi connectivity index (χ0) is 12.3. The molecule has 2 aromatic rings. The fourth-order valence-corrected chi connectivity index (χ4v) is 1.41. The number of nitrogen functional groups attached to an aromatic ring is 1. The van der Waals surface area contributed by atoms with Crippen molar-refractivity contribution in [1.82, 2.24) is 15.1 Å². The average Bonchev–Trinajstić information content (AvgIpc) is 2.72. The van der Waals surface area contributed by atoms with Crippen LogP contribution in [0.3, 0.4) is 0 Å². The molecule has 0 spiro atoms. The number of nitrogens with two attached hydrogens (primary N) is 1. The van der Waals surface area contributed by atoms with Gasteiger partial charge in [-0.2, -0.15) is 0 Å². The fourth-order valence-electron chi connectivity index (χ4n) is 1.41. The second-order valence-corrected chi connectivity index (χ2v) is 3.61. The van der Waals surface area contributed by atoms with E-state index in [4.69, 9.17) is 10.4 Å². The fraction of sp³-hybridized carbons (Fsp3) is 0.300. The Morgan fingerprint density at radius 3 is 2.65 bits per heavy atom. The van der Waals surface area contributed by atoms with Crippen LogP contribution in [-0.2, 0) is 6.54 Å². The average molecular weight is 234 g/mol. The molecule has 7 heteroatoms. The molecule has 0 aliphatic carbocycles. The van der Waals surface area contributed by atoms with Crippen LogP contribution in [0.1, 0.15) is 17.3 Å². The maximum absolute atomic E-state index is 5.30. The first kappa shape index (κ1) is 11.3. The third-order valence-corrected chi connectivity index (χ3v) is 2.11. The lowest BCUT2D eigenvalue weighted by molar-refractivity contribution is 0.391. The predicted octanol–water partition coefficient (Wildman–Crippen LogP) is 0.979. The lowest BCUT2D eigenvalue weighted by Gasteiger charge is -2.06. The number of anilines is 2. The van der Waals surface area contributed by atoms with Crippen molar-refractivity contribution in [2.75, 3.05) is 10.7 Å². The van der Waals surface area contributed by atoms with Crippen molar-refractivity contribution in [3.63, 3.8) is 0 Å². The molecule has 2 rings (SSSR count). The summed E-state index contributed by atoms with van der Waals surface area (Å²) in [5, 5.41) is 7.00. The highest BCUT2D eigenvalue weighted by Gasteiger charge is 2.03. The Morgan fingerprint density at radius 2 is 2.00 bits per heavy atom. The van der Waals surface area contributed by atoms with Gasteiger partial charge in [-0.25, -0.2) is 15.8 Å². The molecule has 2 aromatic heterocycles. The van der Waals surface area contributed by atoms with Gasteiger partial charge >= 0.3 is 0 Å². The summed E-state index contributed by atoms with van der Waals surface area (Å²) in [6, 6.07) is 3.59. The first-order valence-corrected chi connectivity index (χ1v) is 5.16. The largest absolute Gasteiger partial charge is 0.364 e. The van der Waals surface area contributed by atoms with Crippen LogP contribution in [0.25, 0.3) is 0 Å². The molecule has 0 fully saturated rings. The van der Waals surface area contributed by atoms with Gasteiger partial charge in [-0.3, -0.25) is 0 Å². The summed E-state index contributed by atoms with van der Waals surface area (Å²) in [5.41, 5.74) is 3.31. The molecule has 0 amide bonds. The molecule has 0 bridgehead atoms. The van der Waals surface area contributed by atoms with Gasteiger partial charge in [0.15, 0.2) is 0 Å². The highest BCUT2D eigenvalue weighted by atomic mass is 16.5. The van der Waals surface area contributed by atoms with Gasteiger partial charge in [0, 0.05) is 12.1 Å². The summed E-state index contributed by atoms with van der Waals surface area (Å²) in [5.74, 6) is 7.98. The lowest BCUT2D eigenvalue weighted by atomic mass is 10.4. The summed E-state index contributed by atoms with van der Waals surface area (Å²) in [7, 11) is 0. The quantitative estimate of drug-likeness (QED) is 0.535. The third-order valence-electron chi connectivity index (χ3n) is 2.11. The molecule has 0 radical (unpaired) electrons. The smallest absolute Gasteiger partial charge is 0.145 e. The highest BCUT2D eigenvalue weighted by Crippen LogP contribution is 2.11. The lowest BCUT2D eigenvalue weighted by Crippen LogP contribution is -2.11. The van der Waals surface area contributed by atoms with Gasteiger partial charge in [0.1, 0.15) is 28.9 Å². The van der Waals surface area contributed by atoms with E-state index in [1.165, 1.54) is 0 Å². The van der Waals surface area contributed by atoms with Crippen molar-refractivity contribution in [3.05, 3.63) is 29.4 Å². The first-order chi connectivity index (χ1) is 8.17. The standard InChI is InChI=1S/C10H14N6O/c1-6-3-8(16-17-6)5-12-9-4-10(15-11)14-7(2)13-9/h3-4H,5,11H2,1-2H3,(H2,12,13,14,15). The Morgan fingerprint density at radius 1 is 1.24 bits per heavy atom. The normalized spacial score (nSPS) is 10.3. The molecule has 7 nitrogen and oxygen atoms in total. The number of rotatable bonds is 4. The van der Waals surface area contributed by atoms with Gasteiger partial charge < -0.3 is 15.3 Å². The van der Waals surface area contributed by atoms with Gasteiger partial charge in [0.05, 0.1) is 6.54 Å². The van der Waals surface area contributed by atoms with Crippen LogP contribution in [0.15, 0.2) is 16.7 Å². The Bertz CT molecular complexity index is 509. The number of hydrogen-bond acceptors (Lipinski definition) is 7. The van der Waals surface area contributed by atoms with Crippen molar-refractivity contribution < 1.29 is 4.52 Å². The molecule has 4 N–H and O–H groups in total. The van der Waals surface area contributed by atoms with Crippen molar-refractivity contribution in [2.45, 2.75) is 20.4 Å². The molecule has 17 heavy (non-hydrogen) atoms. The van der Waals surface area contributed by atoms with Crippen LogP contribution in [-0.4, -0.2) is 15.1 Å². The van der Waals surface area contributed by atoms with Crippen molar-refractivity contribution in [1.29, 1.82) is 0 Å². The minimum Gasteiger partial charge on any atom is -0.364 e. The van der Waals surface area contributed by atoms with E-state index in [-0.39, 0.29) is 0 Å². The van der Waals surface area contributed by atoms with Crippen LogP contribution >= 0.6 is 0 Å². The summed E-state index contributed by atoms with van der Waals surface area (Å²) < 4.78 is 4.97. The predicted molar refractivity (Wildman–Crippen MR) is 63.1 cm³/mol. The van der Waals surface area contributed by atoms with Gasteiger partial charge in [-0.15, -0.1) is 0 Å². The van der Waals surface area contributed by atoms with Crippen molar-refractivity contribution >= 4 is 11.6 Å². The van der Waals surface area contributed by atoms with E-state index >= 15 is 0 Å². The van der Waals surface area contributed by atoms with E-state index < -0.39 is 0 Å². The molecule has 0 aliphatic rings. The van der Waals surface area contributed by atoms with Gasteiger partial charge in [-0.05, 0) is 13.8 Å². The van der Waals surface area contributed by atoms with Crippen LogP contribution in [0.4, 0.5) is 11.6 Å². The second-order valence-electron chi connectivity index (χ2n) is 3.61. The molecule has 0 atom stereocenters. The molecule has 0 saturated heterocycles. The van der Waals surface area contributed by atoms with E-state index in [0.29, 0.717) is 24.0 Å². The zero-order valence-electron chi connectivity index (χ0n) is 9.69. The highest BCUT2D eigenvalue weighted by molar-refractivity contribution is 5.46. The van der Waals surface area contributed by atoms with Crippen molar-refractivity contribution in [2.24, 2.45) is 5.84 Å². The number of aryl methyl sites for hydroxylation is 2. The molecule has 90 valence electrons. The van der Waals surface area contributed by atoms with Crippen molar-refractivity contribution in [3.8, 4) is 0 Å². The van der Waals surface area contributed by atoms with Gasteiger partial charge in [0.25, 0.3) is 0 Å². The number of hydrogen-bond donors (Lipinski definition) is 3. The summed E-state index contributed by atoms with van der Waals surface area (Å²) in [4.78, 5) is 8.32. The van der Waals surface area contributed by atoms with Crippen LogP contribution < -0.4 is 16.6 Å². The van der Waals surface area contributed by atoms with Gasteiger partial charge in [-0.1, -0.05) is 5.16 Å².